The van der Waals surface area contributed by atoms with Crippen molar-refractivity contribution >= 4 is 29.4 Å². The number of urea groups is 1. The summed E-state index contributed by atoms with van der Waals surface area (Å²) < 4.78 is 0. The third-order valence-corrected chi connectivity index (χ3v) is 6.35. The second kappa shape index (κ2) is 7.11. The van der Waals surface area contributed by atoms with Gasteiger partial charge in [0.25, 0.3) is 5.91 Å². The number of hydrogen-bond donors (Lipinski definition) is 3. The number of nitrogens with one attached hydrogen (secondary N) is 1. The van der Waals surface area contributed by atoms with E-state index >= 15 is 0 Å². The van der Waals surface area contributed by atoms with Crippen molar-refractivity contribution in [2.24, 2.45) is 5.73 Å². The molecule has 8 heteroatoms. The van der Waals surface area contributed by atoms with Crippen molar-refractivity contribution in [3.05, 3.63) is 40.4 Å². The number of primary amides is 1. The molecule has 0 radical (unpaired) electrons. The van der Waals surface area contributed by atoms with Crippen LogP contribution < -0.4 is 16.8 Å². The zero-order valence-corrected chi connectivity index (χ0v) is 15.9. The molecule has 0 bridgehead atoms. The molecule has 0 saturated carbocycles. The number of carbonyl (C=O) groups is 2. The molecule has 7 nitrogen and oxygen atoms in total. The Morgan fingerprint density at radius 2 is 2.00 bits per heavy atom. The fourth-order valence-corrected chi connectivity index (χ4v) is 4.86. The maximum atomic E-state index is 12.7. The van der Waals surface area contributed by atoms with E-state index in [0.717, 1.165) is 10.6 Å². The summed E-state index contributed by atoms with van der Waals surface area (Å²) >= 11 is 1.37. The smallest absolute Gasteiger partial charge is 0.320 e. The number of benzene rings is 1. The standard InChI is InChI=1S/C18H25N5O2S/c1-3-22(4-2)17(25)23-10-9-14-15(11-23)26-18(21-14,16(20)24)12-7-5-6-8-13(12)19/h5-8,21H,3-4,9-11,19H2,1-2H3,(H2,20,24). The monoisotopic (exact) mass is 375 g/mol. The van der Waals surface area contributed by atoms with Crippen LogP contribution in [0.3, 0.4) is 0 Å². The first-order chi connectivity index (χ1) is 12.4. The minimum atomic E-state index is -1.12. The van der Waals surface area contributed by atoms with E-state index in [0.29, 0.717) is 43.9 Å². The molecule has 0 aromatic heterocycles. The van der Waals surface area contributed by atoms with Gasteiger partial charge >= 0.3 is 6.03 Å². The number of nitrogens with two attached hydrogens (primary N) is 2. The molecule has 2 aliphatic rings. The van der Waals surface area contributed by atoms with Crippen molar-refractivity contribution in [2.75, 3.05) is 31.9 Å². The van der Waals surface area contributed by atoms with Crippen LogP contribution in [0.5, 0.6) is 0 Å². The molecular weight excluding hydrogens is 350 g/mol. The SMILES string of the molecule is CCN(CC)C(=O)N1CCC2=C(C1)SC(C(N)=O)(c1ccccc1N)N2. The van der Waals surface area contributed by atoms with Crippen LogP contribution in [0, 0.1) is 0 Å². The molecule has 3 amide bonds. The fourth-order valence-electron chi connectivity index (χ4n) is 3.42. The predicted octanol–water partition coefficient (Wildman–Crippen LogP) is 1.62. The van der Waals surface area contributed by atoms with E-state index in [1.165, 1.54) is 11.8 Å². The van der Waals surface area contributed by atoms with Crippen LogP contribution in [-0.4, -0.2) is 47.9 Å². The highest BCUT2D eigenvalue weighted by molar-refractivity contribution is 8.05. The number of para-hydroxylation sites is 1. The number of nitrogens with zero attached hydrogens (tertiary/aromatic N) is 2. The molecule has 0 fully saturated rings. The van der Waals surface area contributed by atoms with Gasteiger partial charge in [0.1, 0.15) is 0 Å². The molecule has 2 heterocycles. The van der Waals surface area contributed by atoms with Gasteiger partial charge in [-0.1, -0.05) is 30.0 Å². The summed E-state index contributed by atoms with van der Waals surface area (Å²) in [6.45, 7) is 6.38. The molecule has 26 heavy (non-hydrogen) atoms. The predicted molar refractivity (Wildman–Crippen MR) is 104 cm³/mol. The minimum absolute atomic E-state index is 0.0259. The molecule has 0 saturated heterocycles. The summed E-state index contributed by atoms with van der Waals surface area (Å²) in [4.78, 5) is 28.5. The fraction of sp³-hybridized carbons (Fsp3) is 0.444. The Bertz CT molecular complexity index is 762. The van der Waals surface area contributed by atoms with Gasteiger partial charge in [0.2, 0.25) is 0 Å². The number of anilines is 1. The van der Waals surface area contributed by atoms with Crippen LogP contribution in [-0.2, 0) is 9.67 Å². The molecule has 5 N–H and O–H groups in total. The average molecular weight is 375 g/mol. The summed E-state index contributed by atoms with van der Waals surface area (Å²) in [5, 5.41) is 3.32. The van der Waals surface area contributed by atoms with Gasteiger partial charge in [0, 0.05) is 47.9 Å². The lowest BCUT2D eigenvalue weighted by Gasteiger charge is -2.32. The molecule has 3 rings (SSSR count). The summed E-state index contributed by atoms with van der Waals surface area (Å²) in [5.74, 6) is -0.489. The quantitative estimate of drug-likeness (QED) is 0.694. The summed E-state index contributed by atoms with van der Waals surface area (Å²) in [6, 6.07) is 7.27. The summed E-state index contributed by atoms with van der Waals surface area (Å²) in [6.07, 6.45) is 0.664. The van der Waals surface area contributed by atoms with Crippen LogP contribution in [0.4, 0.5) is 10.5 Å². The zero-order chi connectivity index (χ0) is 18.9. The highest BCUT2D eigenvalue weighted by atomic mass is 32.2. The number of carbonyl (C=O) groups excluding carboxylic acids is 2. The molecular formula is C18H25N5O2S. The summed E-state index contributed by atoms with van der Waals surface area (Å²) in [5.41, 5.74) is 14.0. The molecule has 1 aromatic rings. The molecule has 0 aliphatic carbocycles. The third kappa shape index (κ3) is 2.98. The van der Waals surface area contributed by atoms with Gasteiger partial charge in [-0.15, -0.1) is 0 Å². The second-order valence-electron chi connectivity index (χ2n) is 6.39. The van der Waals surface area contributed by atoms with E-state index in [-0.39, 0.29) is 6.03 Å². The van der Waals surface area contributed by atoms with Crippen LogP contribution in [0.2, 0.25) is 0 Å². The number of nitrogen functional groups attached to an aromatic ring is 1. The lowest BCUT2D eigenvalue weighted by molar-refractivity contribution is -0.121. The Morgan fingerprint density at radius 1 is 1.31 bits per heavy atom. The first-order valence-electron chi connectivity index (χ1n) is 8.80. The Hall–Kier alpha value is -2.35. The van der Waals surface area contributed by atoms with E-state index in [1.54, 1.807) is 11.0 Å². The lowest BCUT2D eigenvalue weighted by Crippen LogP contribution is -2.48. The van der Waals surface area contributed by atoms with Gasteiger partial charge in [-0.25, -0.2) is 4.79 Å². The first-order valence-corrected chi connectivity index (χ1v) is 9.62. The normalized spacial score (nSPS) is 22.0. The second-order valence-corrected chi connectivity index (χ2v) is 7.70. The van der Waals surface area contributed by atoms with Crippen molar-refractivity contribution in [1.29, 1.82) is 0 Å². The van der Waals surface area contributed by atoms with Crippen molar-refractivity contribution in [1.82, 2.24) is 15.1 Å². The maximum Gasteiger partial charge on any atom is 0.320 e. The van der Waals surface area contributed by atoms with E-state index in [9.17, 15) is 9.59 Å². The first kappa shape index (κ1) is 18.4. The maximum absolute atomic E-state index is 12.7. The molecule has 1 unspecified atom stereocenters. The van der Waals surface area contributed by atoms with Crippen molar-refractivity contribution in [3.63, 3.8) is 0 Å². The van der Waals surface area contributed by atoms with Crippen LogP contribution in [0.15, 0.2) is 34.9 Å². The van der Waals surface area contributed by atoms with Crippen LogP contribution >= 0.6 is 11.8 Å². The van der Waals surface area contributed by atoms with E-state index in [1.807, 2.05) is 36.9 Å². The molecule has 0 spiro atoms. The van der Waals surface area contributed by atoms with Crippen LogP contribution in [0.25, 0.3) is 0 Å². The van der Waals surface area contributed by atoms with Gasteiger partial charge in [-0.3, -0.25) is 4.79 Å². The van der Waals surface area contributed by atoms with Gasteiger partial charge in [0.05, 0.1) is 6.54 Å². The van der Waals surface area contributed by atoms with E-state index in [2.05, 4.69) is 5.32 Å². The largest absolute Gasteiger partial charge is 0.398 e. The topological polar surface area (TPSA) is 105 Å². The van der Waals surface area contributed by atoms with Gasteiger partial charge in [-0.2, -0.15) is 0 Å². The number of hydrogen-bond acceptors (Lipinski definition) is 5. The Labute approximate surface area is 157 Å². The summed E-state index contributed by atoms with van der Waals surface area (Å²) in [7, 11) is 0. The van der Waals surface area contributed by atoms with Gasteiger partial charge in [0.15, 0.2) is 4.87 Å². The number of rotatable bonds is 4. The van der Waals surface area contributed by atoms with E-state index < -0.39 is 10.8 Å². The lowest BCUT2D eigenvalue weighted by atomic mass is 10.0. The molecule has 1 aromatic carbocycles. The highest BCUT2D eigenvalue weighted by Crippen LogP contribution is 2.49. The third-order valence-electron chi connectivity index (χ3n) is 4.90. The van der Waals surface area contributed by atoms with Gasteiger partial charge in [-0.05, 0) is 19.9 Å². The molecule has 1 atom stereocenters. The highest BCUT2D eigenvalue weighted by Gasteiger charge is 2.48. The number of amides is 3. The minimum Gasteiger partial charge on any atom is -0.398 e. The van der Waals surface area contributed by atoms with Crippen molar-refractivity contribution in [2.45, 2.75) is 25.1 Å². The Morgan fingerprint density at radius 3 is 2.62 bits per heavy atom. The Balaban J connectivity index is 1.85. The zero-order valence-electron chi connectivity index (χ0n) is 15.1. The van der Waals surface area contributed by atoms with Crippen molar-refractivity contribution < 1.29 is 9.59 Å². The molecule has 2 aliphatic heterocycles. The van der Waals surface area contributed by atoms with E-state index in [4.69, 9.17) is 11.5 Å². The molecule has 140 valence electrons. The Kier molecular flexibility index (Phi) is 5.04. The number of thioether (sulfide) groups is 1. The van der Waals surface area contributed by atoms with Gasteiger partial charge < -0.3 is 26.6 Å². The average Bonchev–Trinajstić information content (AvgIpc) is 3.02. The van der Waals surface area contributed by atoms with Crippen LogP contribution in [0.1, 0.15) is 25.8 Å². The van der Waals surface area contributed by atoms with Crippen molar-refractivity contribution in [3.8, 4) is 0 Å².